The zero-order chi connectivity index (χ0) is 16.4. The Morgan fingerprint density at radius 2 is 1.96 bits per heavy atom. The molecule has 1 aromatic carbocycles. The third kappa shape index (κ3) is 3.61. The summed E-state index contributed by atoms with van der Waals surface area (Å²) in [5, 5.41) is 7.14. The van der Waals surface area contributed by atoms with Gasteiger partial charge < -0.3 is 5.32 Å². The van der Waals surface area contributed by atoms with Crippen LogP contribution < -0.4 is 5.32 Å². The lowest BCUT2D eigenvalue weighted by atomic mass is 10.1. The topological polar surface area (TPSA) is 81.1 Å². The van der Waals surface area contributed by atoms with Crippen LogP contribution in [0.2, 0.25) is 0 Å². The van der Waals surface area contributed by atoms with Gasteiger partial charge in [-0.2, -0.15) is 5.10 Å². The molecule has 6 nitrogen and oxygen atoms in total. The molecule has 0 atom stereocenters. The quantitative estimate of drug-likeness (QED) is 0.923. The normalized spacial score (nSPS) is 17.8. The minimum Gasteiger partial charge on any atom is -0.349 e. The van der Waals surface area contributed by atoms with Gasteiger partial charge in [-0.1, -0.05) is 18.2 Å². The number of aryl methyl sites for hydroxylation is 1. The van der Waals surface area contributed by atoms with Crippen LogP contribution in [0.25, 0.3) is 5.69 Å². The highest BCUT2D eigenvalue weighted by atomic mass is 32.2. The predicted octanol–water partition coefficient (Wildman–Crippen LogP) is 1.49. The molecule has 2 heterocycles. The van der Waals surface area contributed by atoms with Crippen LogP contribution in [-0.4, -0.2) is 41.7 Å². The highest BCUT2D eigenvalue weighted by Crippen LogP contribution is 2.15. The first-order chi connectivity index (χ1) is 10.9. The fourth-order valence-electron chi connectivity index (χ4n) is 2.70. The molecular formula is C16H19N3O3S. The third-order valence-electron chi connectivity index (χ3n) is 4.10. The van der Waals surface area contributed by atoms with Gasteiger partial charge in [0, 0.05) is 12.2 Å². The summed E-state index contributed by atoms with van der Waals surface area (Å²) >= 11 is 0. The first kappa shape index (κ1) is 15.7. The smallest absolute Gasteiger partial charge is 0.254 e. The van der Waals surface area contributed by atoms with E-state index < -0.39 is 9.84 Å². The van der Waals surface area contributed by atoms with Crippen molar-refractivity contribution in [3.05, 3.63) is 47.8 Å². The summed E-state index contributed by atoms with van der Waals surface area (Å²) in [5.74, 6) is 0.0648. The zero-order valence-electron chi connectivity index (χ0n) is 12.9. The molecule has 0 unspecified atom stereocenters. The average Bonchev–Trinajstić information content (AvgIpc) is 3.00. The molecule has 1 fully saturated rings. The number of nitrogens with zero attached hydrogens (tertiary/aromatic N) is 2. The van der Waals surface area contributed by atoms with E-state index in [-0.39, 0.29) is 23.5 Å². The van der Waals surface area contributed by atoms with Crippen molar-refractivity contribution in [2.45, 2.75) is 25.8 Å². The van der Waals surface area contributed by atoms with Gasteiger partial charge in [-0.25, -0.2) is 13.1 Å². The van der Waals surface area contributed by atoms with Crippen LogP contribution in [0, 0.1) is 6.92 Å². The first-order valence-electron chi connectivity index (χ1n) is 7.56. The van der Waals surface area contributed by atoms with E-state index in [0.717, 1.165) is 11.3 Å². The number of nitrogens with one attached hydrogen (secondary N) is 1. The minimum absolute atomic E-state index is 0.0900. The Morgan fingerprint density at radius 3 is 2.65 bits per heavy atom. The zero-order valence-corrected chi connectivity index (χ0v) is 13.7. The highest BCUT2D eigenvalue weighted by Gasteiger charge is 2.25. The minimum atomic E-state index is -2.92. The molecule has 2 aromatic rings. The Labute approximate surface area is 135 Å². The fraction of sp³-hybridized carbons (Fsp3) is 0.375. The molecule has 0 radical (unpaired) electrons. The van der Waals surface area contributed by atoms with Crippen LogP contribution >= 0.6 is 0 Å². The maximum absolute atomic E-state index is 12.3. The molecule has 1 aliphatic heterocycles. The number of benzene rings is 1. The maximum Gasteiger partial charge on any atom is 0.254 e. The number of hydrogen-bond donors (Lipinski definition) is 1. The first-order valence-corrected chi connectivity index (χ1v) is 9.39. The van der Waals surface area contributed by atoms with E-state index in [2.05, 4.69) is 10.4 Å². The molecule has 1 aliphatic rings. The summed E-state index contributed by atoms with van der Waals surface area (Å²) < 4.78 is 24.5. The summed E-state index contributed by atoms with van der Waals surface area (Å²) in [6.45, 7) is 1.99. The lowest BCUT2D eigenvalue weighted by Crippen LogP contribution is -2.40. The van der Waals surface area contributed by atoms with E-state index >= 15 is 0 Å². The number of rotatable bonds is 3. The number of amides is 1. The van der Waals surface area contributed by atoms with Crippen LogP contribution in [0.1, 0.15) is 28.8 Å². The van der Waals surface area contributed by atoms with Crippen molar-refractivity contribution in [2.24, 2.45) is 0 Å². The van der Waals surface area contributed by atoms with E-state index in [4.69, 9.17) is 0 Å². The number of carbonyl (C=O) groups excluding carboxylic acids is 1. The molecule has 7 heteroatoms. The van der Waals surface area contributed by atoms with E-state index in [1.54, 1.807) is 10.9 Å². The predicted molar refractivity (Wildman–Crippen MR) is 87.4 cm³/mol. The Balaban J connectivity index is 1.69. The van der Waals surface area contributed by atoms with Gasteiger partial charge in [-0.15, -0.1) is 0 Å². The number of hydrogen-bond acceptors (Lipinski definition) is 4. The second-order valence-electron chi connectivity index (χ2n) is 5.86. The summed E-state index contributed by atoms with van der Waals surface area (Å²) in [7, 11) is -2.92. The van der Waals surface area contributed by atoms with Gasteiger partial charge in [0.25, 0.3) is 5.91 Å². The second-order valence-corrected chi connectivity index (χ2v) is 8.16. The molecule has 0 aliphatic carbocycles. The van der Waals surface area contributed by atoms with Gasteiger partial charge in [0.15, 0.2) is 0 Å². The average molecular weight is 333 g/mol. The van der Waals surface area contributed by atoms with Crippen LogP contribution in [0.15, 0.2) is 36.7 Å². The second kappa shape index (κ2) is 6.16. The molecule has 1 N–H and O–H groups in total. The summed E-state index contributed by atoms with van der Waals surface area (Å²) in [6, 6.07) is 7.71. The Bertz CT molecular complexity index is 813. The Hall–Kier alpha value is -2.15. The van der Waals surface area contributed by atoms with Crippen LogP contribution in [0.5, 0.6) is 0 Å². The van der Waals surface area contributed by atoms with Crippen molar-refractivity contribution in [1.82, 2.24) is 15.1 Å². The molecule has 0 bridgehead atoms. The Morgan fingerprint density at radius 1 is 1.26 bits per heavy atom. The van der Waals surface area contributed by atoms with E-state index in [9.17, 15) is 13.2 Å². The number of sulfone groups is 1. The fourth-order valence-corrected chi connectivity index (χ4v) is 4.19. The van der Waals surface area contributed by atoms with Crippen molar-refractivity contribution in [3.8, 4) is 5.69 Å². The molecule has 122 valence electrons. The monoisotopic (exact) mass is 333 g/mol. The third-order valence-corrected chi connectivity index (χ3v) is 5.81. The van der Waals surface area contributed by atoms with Gasteiger partial charge in [0.2, 0.25) is 0 Å². The van der Waals surface area contributed by atoms with Crippen LogP contribution in [-0.2, 0) is 9.84 Å². The van der Waals surface area contributed by atoms with E-state index in [0.29, 0.717) is 18.4 Å². The van der Waals surface area contributed by atoms with E-state index in [1.807, 2.05) is 31.2 Å². The van der Waals surface area contributed by atoms with E-state index in [1.165, 1.54) is 6.20 Å². The van der Waals surface area contributed by atoms with Crippen molar-refractivity contribution in [2.75, 3.05) is 11.5 Å². The maximum atomic E-state index is 12.3. The molecule has 23 heavy (non-hydrogen) atoms. The van der Waals surface area contributed by atoms with Crippen molar-refractivity contribution < 1.29 is 13.2 Å². The van der Waals surface area contributed by atoms with Crippen molar-refractivity contribution >= 4 is 15.7 Å². The summed E-state index contributed by atoms with van der Waals surface area (Å²) in [4.78, 5) is 12.3. The Kier molecular flexibility index (Phi) is 4.21. The molecule has 1 amide bonds. The van der Waals surface area contributed by atoms with Gasteiger partial charge in [0.1, 0.15) is 9.84 Å². The molecule has 3 rings (SSSR count). The lowest BCUT2D eigenvalue weighted by Gasteiger charge is -2.22. The van der Waals surface area contributed by atoms with Gasteiger partial charge in [-0.05, 0) is 31.4 Å². The van der Waals surface area contributed by atoms with Gasteiger partial charge in [0.05, 0.1) is 29.0 Å². The van der Waals surface area contributed by atoms with Crippen molar-refractivity contribution in [1.29, 1.82) is 0 Å². The molecule has 1 aromatic heterocycles. The van der Waals surface area contributed by atoms with Gasteiger partial charge in [-0.3, -0.25) is 4.79 Å². The summed E-state index contributed by atoms with van der Waals surface area (Å²) in [5.41, 5.74) is 2.47. The van der Waals surface area contributed by atoms with Crippen molar-refractivity contribution in [3.63, 3.8) is 0 Å². The highest BCUT2D eigenvalue weighted by molar-refractivity contribution is 7.91. The summed E-state index contributed by atoms with van der Waals surface area (Å²) in [6.07, 6.45) is 4.17. The SMILES string of the molecule is Cc1ccccc1-n1cc(C(=O)NC2CCS(=O)(=O)CC2)cn1. The molecular weight excluding hydrogens is 314 g/mol. The standard InChI is InChI=1S/C16H19N3O3S/c1-12-4-2-3-5-15(12)19-11-13(10-17-19)16(20)18-14-6-8-23(21,22)9-7-14/h2-5,10-11,14H,6-9H2,1H3,(H,18,20). The molecule has 1 saturated heterocycles. The number of para-hydroxylation sites is 1. The number of aromatic nitrogens is 2. The van der Waals surface area contributed by atoms with Gasteiger partial charge >= 0.3 is 0 Å². The molecule has 0 saturated carbocycles. The number of carbonyl (C=O) groups is 1. The van der Waals surface area contributed by atoms with Crippen LogP contribution in [0.4, 0.5) is 0 Å². The van der Waals surface area contributed by atoms with Crippen LogP contribution in [0.3, 0.4) is 0 Å². The largest absolute Gasteiger partial charge is 0.349 e. The molecule has 0 spiro atoms. The lowest BCUT2D eigenvalue weighted by molar-refractivity contribution is 0.0934.